The first-order chi connectivity index (χ1) is 10.8. The summed E-state index contributed by atoms with van der Waals surface area (Å²) >= 11 is 1.59. The van der Waals surface area contributed by atoms with Gasteiger partial charge in [0.05, 0.1) is 13.2 Å². The first-order valence-electron chi connectivity index (χ1n) is 7.25. The van der Waals surface area contributed by atoms with Crippen LogP contribution in [-0.4, -0.2) is 34.6 Å². The van der Waals surface area contributed by atoms with Crippen LogP contribution in [0.25, 0.3) is 0 Å². The fourth-order valence-corrected chi connectivity index (χ4v) is 3.45. The highest BCUT2D eigenvalue weighted by Gasteiger charge is 2.30. The molecular formula is C15H18N4O2S. The summed E-state index contributed by atoms with van der Waals surface area (Å²) in [7, 11) is 1.54. The minimum absolute atomic E-state index is 0.0522. The van der Waals surface area contributed by atoms with Crippen molar-refractivity contribution in [1.29, 1.82) is 0 Å². The largest absolute Gasteiger partial charge is 0.480 e. The molecule has 1 fully saturated rings. The minimum Gasteiger partial charge on any atom is -0.480 e. The Kier molecular flexibility index (Phi) is 4.53. The van der Waals surface area contributed by atoms with Crippen molar-refractivity contribution in [2.24, 2.45) is 0 Å². The van der Waals surface area contributed by atoms with Crippen LogP contribution in [0.1, 0.15) is 30.3 Å². The van der Waals surface area contributed by atoms with Crippen LogP contribution in [0.15, 0.2) is 29.9 Å². The average molecular weight is 318 g/mol. The topological polar surface area (TPSA) is 67.3 Å². The SMILES string of the molecule is COc1ncccc1NC(=O)N1CCCC[C@@H]1c1nccs1. The number of likely N-dealkylation sites (tertiary alicyclic amines) is 1. The maximum absolute atomic E-state index is 12.6. The third-order valence-corrected chi connectivity index (χ3v) is 4.58. The van der Waals surface area contributed by atoms with Crippen LogP contribution in [0.5, 0.6) is 5.88 Å². The number of hydrogen-bond acceptors (Lipinski definition) is 5. The van der Waals surface area contributed by atoms with Crippen LogP contribution >= 0.6 is 11.3 Å². The molecule has 0 spiro atoms. The number of urea groups is 1. The van der Waals surface area contributed by atoms with Gasteiger partial charge in [0.25, 0.3) is 0 Å². The molecule has 1 aliphatic heterocycles. The van der Waals surface area contributed by atoms with Crippen LogP contribution in [0.3, 0.4) is 0 Å². The molecule has 0 saturated carbocycles. The molecule has 116 valence electrons. The Labute approximate surface area is 133 Å². The highest BCUT2D eigenvalue weighted by Crippen LogP contribution is 2.33. The van der Waals surface area contributed by atoms with Crippen molar-refractivity contribution in [3.63, 3.8) is 0 Å². The first kappa shape index (κ1) is 14.8. The van der Waals surface area contributed by atoms with E-state index in [-0.39, 0.29) is 12.1 Å². The van der Waals surface area contributed by atoms with Gasteiger partial charge in [0, 0.05) is 24.3 Å². The summed E-state index contributed by atoms with van der Waals surface area (Å²) in [6.07, 6.45) is 6.50. The number of methoxy groups -OCH3 is 1. The molecule has 1 aliphatic rings. The maximum Gasteiger partial charge on any atom is 0.322 e. The fourth-order valence-electron chi connectivity index (χ4n) is 2.67. The van der Waals surface area contributed by atoms with Crippen LogP contribution in [-0.2, 0) is 0 Å². The van der Waals surface area contributed by atoms with Crippen LogP contribution in [0.4, 0.5) is 10.5 Å². The van der Waals surface area contributed by atoms with E-state index in [9.17, 15) is 4.79 Å². The number of anilines is 1. The lowest BCUT2D eigenvalue weighted by molar-refractivity contribution is 0.163. The van der Waals surface area contributed by atoms with Crippen LogP contribution < -0.4 is 10.1 Å². The molecule has 22 heavy (non-hydrogen) atoms. The lowest BCUT2D eigenvalue weighted by Crippen LogP contribution is -2.41. The Morgan fingerprint density at radius 2 is 2.32 bits per heavy atom. The number of carbonyl (C=O) groups excluding carboxylic acids is 1. The Morgan fingerprint density at radius 1 is 1.41 bits per heavy atom. The third-order valence-electron chi connectivity index (χ3n) is 3.71. The van der Waals surface area contributed by atoms with Gasteiger partial charge in [0.15, 0.2) is 0 Å². The molecule has 1 atom stereocenters. The fraction of sp³-hybridized carbons (Fsp3) is 0.400. The molecule has 1 saturated heterocycles. The number of thiazole rings is 1. The van der Waals surface area contributed by atoms with Gasteiger partial charge in [-0.2, -0.15) is 0 Å². The highest BCUT2D eigenvalue weighted by molar-refractivity contribution is 7.09. The second-order valence-electron chi connectivity index (χ2n) is 5.07. The van der Waals surface area contributed by atoms with Gasteiger partial charge in [-0.3, -0.25) is 0 Å². The summed E-state index contributed by atoms with van der Waals surface area (Å²) in [6, 6.07) is 3.47. The zero-order chi connectivity index (χ0) is 15.4. The van der Waals surface area contributed by atoms with Gasteiger partial charge < -0.3 is 15.0 Å². The van der Waals surface area contributed by atoms with E-state index in [4.69, 9.17) is 4.74 Å². The number of pyridine rings is 1. The molecule has 0 radical (unpaired) electrons. The highest BCUT2D eigenvalue weighted by atomic mass is 32.1. The molecule has 2 amide bonds. The number of nitrogens with zero attached hydrogens (tertiary/aromatic N) is 3. The van der Waals surface area contributed by atoms with Crippen molar-refractivity contribution < 1.29 is 9.53 Å². The molecule has 0 aliphatic carbocycles. The molecule has 0 bridgehead atoms. The smallest absolute Gasteiger partial charge is 0.322 e. The summed E-state index contributed by atoms with van der Waals surface area (Å²) in [6.45, 7) is 0.735. The molecule has 7 heteroatoms. The molecule has 2 aromatic rings. The van der Waals surface area contributed by atoms with Gasteiger partial charge in [0.1, 0.15) is 10.7 Å². The number of nitrogens with one attached hydrogen (secondary N) is 1. The van der Waals surface area contributed by atoms with E-state index < -0.39 is 0 Å². The molecule has 1 N–H and O–H groups in total. The molecule has 3 heterocycles. The summed E-state index contributed by atoms with van der Waals surface area (Å²) in [5.41, 5.74) is 0.582. The van der Waals surface area contributed by atoms with E-state index in [1.807, 2.05) is 10.3 Å². The van der Waals surface area contributed by atoms with Crippen LogP contribution in [0, 0.1) is 0 Å². The quantitative estimate of drug-likeness (QED) is 0.943. The number of aromatic nitrogens is 2. The van der Waals surface area contributed by atoms with E-state index in [2.05, 4.69) is 15.3 Å². The predicted molar refractivity (Wildman–Crippen MR) is 85.2 cm³/mol. The number of hydrogen-bond donors (Lipinski definition) is 1. The molecule has 6 nitrogen and oxygen atoms in total. The zero-order valence-corrected chi connectivity index (χ0v) is 13.2. The van der Waals surface area contributed by atoms with Gasteiger partial charge in [-0.05, 0) is 31.4 Å². The van der Waals surface area contributed by atoms with Crippen molar-refractivity contribution in [3.05, 3.63) is 34.9 Å². The summed E-state index contributed by atoms with van der Waals surface area (Å²) in [5.74, 6) is 0.415. The number of piperidine rings is 1. The standard InChI is InChI=1S/C15H18N4O2S/c1-21-13-11(5-4-7-16-13)18-15(20)19-9-3-2-6-12(19)14-17-8-10-22-14/h4-5,7-8,10,12H,2-3,6,9H2,1H3,(H,18,20)/t12-/m1/s1. The first-order valence-corrected chi connectivity index (χ1v) is 8.13. The normalized spacial score (nSPS) is 18.0. The summed E-state index contributed by atoms with van der Waals surface area (Å²) in [5, 5.41) is 5.84. The lowest BCUT2D eigenvalue weighted by atomic mass is 10.0. The number of amides is 2. The molecular weight excluding hydrogens is 300 g/mol. The Balaban J connectivity index is 1.77. The third kappa shape index (κ3) is 3.04. The molecule has 0 unspecified atom stereocenters. The predicted octanol–water partition coefficient (Wildman–Crippen LogP) is 3.31. The van der Waals surface area contributed by atoms with E-state index in [0.29, 0.717) is 11.6 Å². The van der Waals surface area contributed by atoms with E-state index in [1.165, 1.54) is 7.11 Å². The van der Waals surface area contributed by atoms with Gasteiger partial charge in [-0.1, -0.05) is 0 Å². The number of rotatable bonds is 3. The van der Waals surface area contributed by atoms with E-state index >= 15 is 0 Å². The molecule has 2 aromatic heterocycles. The van der Waals surface area contributed by atoms with Crippen molar-refractivity contribution in [3.8, 4) is 5.88 Å². The second-order valence-corrected chi connectivity index (χ2v) is 5.99. The van der Waals surface area contributed by atoms with Crippen molar-refractivity contribution in [1.82, 2.24) is 14.9 Å². The molecule has 0 aromatic carbocycles. The molecule has 3 rings (SSSR count). The Bertz CT molecular complexity index is 632. The van der Waals surface area contributed by atoms with Gasteiger partial charge in [0.2, 0.25) is 5.88 Å². The number of carbonyl (C=O) groups is 1. The summed E-state index contributed by atoms with van der Waals surface area (Å²) in [4.78, 5) is 23.0. The van der Waals surface area contributed by atoms with Gasteiger partial charge in [-0.15, -0.1) is 11.3 Å². The average Bonchev–Trinajstić information content (AvgIpc) is 3.09. The Hall–Kier alpha value is -2.15. The van der Waals surface area contributed by atoms with Crippen molar-refractivity contribution in [2.75, 3.05) is 19.0 Å². The second kappa shape index (κ2) is 6.74. The lowest BCUT2D eigenvalue weighted by Gasteiger charge is -2.34. The maximum atomic E-state index is 12.6. The van der Waals surface area contributed by atoms with E-state index in [0.717, 1.165) is 30.8 Å². The Morgan fingerprint density at radius 3 is 3.09 bits per heavy atom. The van der Waals surface area contributed by atoms with Gasteiger partial charge >= 0.3 is 6.03 Å². The van der Waals surface area contributed by atoms with Crippen LogP contribution in [0.2, 0.25) is 0 Å². The minimum atomic E-state index is -0.133. The van der Waals surface area contributed by atoms with Crippen molar-refractivity contribution >= 4 is 23.1 Å². The monoisotopic (exact) mass is 318 g/mol. The number of ether oxygens (including phenoxy) is 1. The van der Waals surface area contributed by atoms with E-state index in [1.54, 1.807) is 35.9 Å². The zero-order valence-electron chi connectivity index (χ0n) is 12.4. The van der Waals surface area contributed by atoms with Gasteiger partial charge in [-0.25, -0.2) is 14.8 Å². The van der Waals surface area contributed by atoms with Crippen molar-refractivity contribution in [2.45, 2.75) is 25.3 Å². The summed E-state index contributed by atoms with van der Waals surface area (Å²) < 4.78 is 5.18.